The first-order valence-corrected chi connectivity index (χ1v) is 8.94. The van der Waals surface area contributed by atoms with E-state index in [1.165, 1.54) is 0 Å². The van der Waals surface area contributed by atoms with Gasteiger partial charge in [0.15, 0.2) is 0 Å². The first kappa shape index (κ1) is 16.4. The fourth-order valence-electron chi connectivity index (χ4n) is 4.11. The van der Waals surface area contributed by atoms with Crippen LogP contribution in [0.2, 0.25) is 0 Å². The lowest BCUT2D eigenvalue weighted by atomic mass is 9.84. The molecular formula is C19H19N7. The van der Waals surface area contributed by atoms with Gasteiger partial charge in [0.1, 0.15) is 11.3 Å². The number of pyridine rings is 1. The normalized spacial score (nSPS) is 20.0. The molecule has 3 aromatic rings. The van der Waals surface area contributed by atoms with Gasteiger partial charge < -0.3 is 4.57 Å². The molecule has 7 heteroatoms. The van der Waals surface area contributed by atoms with Crippen LogP contribution in [0.1, 0.15) is 44.0 Å². The molecule has 26 heavy (non-hydrogen) atoms. The van der Waals surface area contributed by atoms with Crippen molar-refractivity contribution in [2.24, 2.45) is 11.0 Å². The summed E-state index contributed by atoms with van der Waals surface area (Å²) in [7, 11) is 0. The van der Waals surface area contributed by atoms with Crippen molar-refractivity contribution in [1.29, 1.82) is 5.26 Å². The molecule has 0 saturated heterocycles. The predicted molar refractivity (Wildman–Crippen MR) is 99.1 cm³/mol. The van der Waals surface area contributed by atoms with Crippen LogP contribution in [0.4, 0.5) is 0 Å². The topological polar surface area (TPSA) is 103 Å². The fourth-order valence-corrected chi connectivity index (χ4v) is 4.11. The summed E-state index contributed by atoms with van der Waals surface area (Å²) in [5, 5.41) is 13.8. The van der Waals surface area contributed by atoms with Crippen LogP contribution in [0.25, 0.3) is 32.4 Å². The molecule has 4 rings (SSSR count). The number of nitrogens with zero attached hydrogens (tertiary/aromatic N) is 7. The minimum atomic E-state index is 0.234. The lowest BCUT2D eigenvalue weighted by Crippen LogP contribution is -2.19. The van der Waals surface area contributed by atoms with Crippen LogP contribution in [-0.4, -0.2) is 14.5 Å². The summed E-state index contributed by atoms with van der Waals surface area (Å²) in [5.41, 5.74) is 11.6. The van der Waals surface area contributed by atoms with Crippen molar-refractivity contribution in [3.05, 3.63) is 46.7 Å². The summed E-state index contributed by atoms with van der Waals surface area (Å²) in [6, 6.07) is 10.7. The number of benzene rings is 1. The third-order valence-electron chi connectivity index (χ3n) is 5.33. The maximum atomic E-state index is 8.95. The molecule has 0 amide bonds. The first-order chi connectivity index (χ1) is 12.8. The van der Waals surface area contributed by atoms with E-state index in [9.17, 15) is 0 Å². The van der Waals surface area contributed by atoms with Crippen molar-refractivity contribution in [1.82, 2.24) is 14.5 Å². The second-order valence-electron chi connectivity index (χ2n) is 6.83. The molecule has 2 aromatic heterocycles. The molecule has 1 saturated carbocycles. The van der Waals surface area contributed by atoms with Gasteiger partial charge in [-0.25, -0.2) is 4.98 Å². The Morgan fingerprint density at radius 1 is 1.23 bits per heavy atom. The van der Waals surface area contributed by atoms with E-state index >= 15 is 0 Å². The highest BCUT2D eigenvalue weighted by molar-refractivity contribution is 6.02. The average molecular weight is 345 g/mol. The highest BCUT2D eigenvalue weighted by Gasteiger charge is 2.26. The van der Waals surface area contributed by atoms with Gasteiger partial charge in [0.2, 0.25) is 0 Å². The van der Waals surface area contributed by atoms with Crippen LogP contribution in [-0.2, 0) is 6.54 Å². The van der Waals surface area contributed by atoms with Crippen molar-refractivity contribution in [3.63, 3.8) is 0 Å². The SMILES string of the molecule is N#CCC1CCC(n2c(CN=[N+]=[N-])nc3cnc4ccccc4c32)CC1. The second kappa shape index (κ2) is 7.03. The third kappa shape index (κ3) is 2.85. The van der Waals surface area contributed by atoms with E-state index in [2.05, 4.69) is 31.7 Å². The van der Waals surface area contributed by atoms with Crippen molar-refractivity contribution in [3.8, 4) is 6.07 Å². The lowest BCUT2D eigenvalue weighted by molar-refractivity contribution is 0.278. The Labute approximate surface area is 150 Å². The number of para-hydroxylation sites is 1. The maximum Gasteiger partial charge on any atom is 0.116 e. The number of imidazole rings is 1. The minimum absolute atomic E-state index is 0.234. The van der Waals surface area contributed by atoms with Gasteiger partial charge in [-0.2, -0.15) is 5.26 Å². The Morgan fingerprint density at radius 3 is 2.81 bits per heavy atom. The largest absolute Gasteiger partial charge is 0.324 e. The molecule has 0 unspecified atom stereocenters. The number of rotatable bonds is 4. The molecule has 0 bridgehead atoms. The molecule has 0 radical (unpaired) electrons. The molecule has 0 atom stereocenters. The summed E-state index contributed by atoms with van der Waals surface area (Å²) < 4.78 is 2.26. The van der Waals surface area contributed by atoms with Crippen molar-refractivity contribution >= 4 is 21.9 Å². The zero-order valence-electron chi connectivity index (χ0n) is 14.4. The van der Waals surface area contributed by atoms with E-state index < -0.39 is 0 Å². The zero-order valence-corrected chi connectivity index (χ0v) is 14.4. The van der Waals surface area contributed by atoms with E-state index in [1.807, 2.05) is 18.2 Å². The Morgan fingerprint density at radius 2 is 2.04 bits per heavy atom. The predicted octanol–water partition coefficient (Wildman–Crippen LogP) is 5.04. The standard InChI is InChI=1S/C19H19N7/c20-10-9-13-5-7-14(8-6-13)26-18(12-23-25-21)24-17-11-22-16-4-2-1-3-15(16)19(17)26/h1-4,11,13-14H,5-9,12H2. The van der Waals surface area contributed by atoms with Gasteiger partial charge in [0.05, 0.1) is 29.8 Å². The van der Waals surface area contributed by atoms with Crippen molar-refractivity contribution in [2.45, 2.75) is 44.7 Å². The van der Waals surface area contributed by atoms with Crippen LogP contribution >= 0.6 is 0 Å². The molecule has 7 nitrogen and oxygen atoms in total. The Hall–Kier alpha value is -3.10. The van der Waals surface area contributed by atoms with Gasteiger partial charge >= 0.3 is 0 Å². The van der Waals surface area contributed by atoms with Gasteiger partial charge in [-0.3, -0.25) is 4.98 Å². The van der Waals surface area contributed by atoms with E-state index in [0.717, 1.165) is 53.4 Å². The van der Waals surface area contributed by atoms with Crippen molar-refractivity contribution < 1.29 is 0 Å². The van der Waals surface area contributed by atoms with Crippen LogP contribution in [0.15, 0.2) is 35.6 Å². The highest BCUT2D eigenvalue weighted by atomic mass is 15.2. The summed E-state index contributed by atoms with van der Waals surface area (Å²) in [4.78, 5) is 12.1. The number of hydrogen-bond acceptors (Lipinski definition) is 4. The minimum Gasteiger partial charge on any atom is -0.324 e. The molecule has 1 aromatic carbocycles. The molecular weight excluding hydrogens is 326 g/mol. The lowest BCUT2D eigenvalue weighted by Gasteiger charge is -2.29. The molecule has 2 heterocycles. The fraction of sp³-hybridized carbons (Fsp3) is 0.421. The molecule has 0 N–H and O–H groups in total. The molecule has 130 valence electrons. The van der Waals surface area contributed by atoms with Gasteiger partial charge in [-0.1, -0.05) is 23.3 Å². The number of hydrogen-bond donors (Lipinski definition) is 0. The summed E-state index contributed by atoms with van der Waals surface area (Å²) >= 11 is 0. The van der Waals surface area contributed by atoms with Crippen LogP contribution in [0, 0.1) is 17.2 Å². The Kier molecular flexibility index (Phi) is 4.42. The highest BCUT2D eigenvalue weighted by Crippen LogP contribution is 2.38. The maximum absolute atomic E-state index is 8.95. The first-order valence-electron chi connectivity index (χ1n) is 8.94. The van der Waals surface area contributed by atoms with E-state index in [4.69, 9.17) is 15.8 Å². The Bertz CT molecular complexity index is 1030. The van der Waals surface area contributed by atoms with E-state index in [0.29, 0.717) is 18.4 Å². The molecule has 0 spiro atoms. The smallest absolute Gasteiger partial charge is 0.116 e. The summed E-state index contributed by atoms with van der Waals surface area (Å²) in [5.74, 6) is 1.28. The summed E-state index contributed by atoms with van der Waals surface area (Å²) in [6.45, 7) is 0.234. The number of aromatic nitrogens is 3. The second-order valence-corrected chi connectivity index (χ2v) is 6.83. The van der Waals surface area contributed by atoms with Crippen LogP contribution in [0.5, 0.6) is 0 Å². The van der Waals surface area contributed by atoms with Crippen molar-refractivity contribution in [2.75, 3.05) is 0 Å². The quantitative estimate of drug-likeness (QED) is 0.376. The third-order valence-corrected chi connectivity index (χ3v) is 5.33. The zero-order chi connectivity index (χ0) is 17.9. The Balaban J connectivity index is 1.84. The molecule has 1 fully saturated rings. The van der Waals surface area contributed by atoms with E-state index in [1.54, 1.807) is 6.20 Å². The number of fused-ring (bicyclic) bond motifs is 3. The number of azide groups is 1. The molecule has 1 aliphatic rings. The molecule has 0 aliphatic heterocycles. The van der Waals surface area contributed by atoms with Crippen LogP contribution in [0.3, 0.4) is 0 Å². The van der Waals surface area contributed by atoms with E-state index in [-0.39, 0.29) is 6.54 Å². The van der Waals surface area contributed by atoms with Gasteiger partial charge in [0.25, 0.3) is 0 Å². The average Bonchev–Trinajstić information content (AvgIpc) is 3.06. The molecule has 1 aliphatic carbocycles. The van der Waals surface area contributed by atoms with Gasteiger partial charge in [0, 0.05) is 22.8 Å². The van der Waals surface area contributed by atoms with Crippen LogP contribution < -0.4 is 0 Å². The number of nitriles is 1. The summed E-state index contributed by atoms with van der Waals surface area (Å²) in [6.07, 6.45) is 6.55. The monoisotopic (exact) mass is 345 g/mol. The van der Waals surface area contributed by atoms with Gasteiger partial charge in [-0.15, -0.1) is 0 Å². The van der Waals surface area contributed by atoms with Gasteiger partial charge in [-0.05, 0) is 43.2 Å².